The summed E-state index contributed by atoms with van der Waals surface area (Å²) >= 11 is 0. The van der Waals surface area contributed by atoms with Crippen LogP contribution in [0.2, 0.25) is 0 Å². The van der Waals surface area contributed by atoms with Crippen molar-refractivity contribution in [3.05, 3.63) is 68.8 Å². The van der Waals surface area contributed by atoms with Crippen molar-refractivity contribution in [2.45, 2.75) is 20.3 Å². The van der Waals surface area contributed by atoms with Crippen LogP contribution in [0.15, 0.2) is 36.4 Å². The molecule has 0 fully saturated rings. The van der Waals surface area contributed by atoms with Crippen LogP contribution in [0, 0.1) is 17.0 Å². The van der Waals surface area contributed by atoms with Crippen molar-refractivity contribution < 1.29 is 9.72 Å². The van der Waals surface area contributed by atoms with E-state index in [0.29, 0.717) is 23.2 Å². The zero-order chi connectivity index (χ0) is 15.6. The van der Waals surface area contributed by atoms with Gasteiger partial charge in [0.25, 0.3) is 5.69 Å². The summed E-state index contributed by atoms with van der Waals surface area (Å²) in [4.78, 5) is 23.4. The summed E-state index contributed by atoms with van der Waals surface area (Å²) in [7, 11) is 0. The average Bonchev–Trinajstić information content (AvgIpc) is 2.45. The number of nitro groups is 1. The van der Waals surface area contributed by atoms with Crippen LogP contribution in [0.25, 0.3) is 0 Å². The third-order valence-corrected chi connectivity index (χ3v) is 3.48. The van der Waals surface area contributed by atoms with Crippen molar-refractivity contribution in [2.24, 2.45) is 0 Å². The number of hydrogen-bond acceptors (Lipinski definition) is 4. The van der Waals surface area contributed by atoms with Crippen molar-refractivity contribution in [3.8, 4) is 0 Å². The van der Waals surface area contributed by atoms with E-state index in [-0.39, 0.29) is 17.0 Å². The van der Waals surface area contributed by atoms with Crippen LogP contribution in [0.5, 0.6) is 0 Å². The monoisotopic (exact) mass is 284 g/mol. The Kier molecular flexibility index (Phi) is 4.03. The molecule has 0 aliphatic rings. The number of hydrogen-bond donors (Lipinski definition) is 1. The number of carbonyl (C=O) groups excluding carboxylic acids is 1. The van der Waals surface area contributed by atoms with E-state index in [4.69, 9.17) is 5.73 Å². The first-order chi connectivity index (χ1) is 9.97. The van der Waals surface area contributed by atoms with Gasteiger partial charge in [-0.1, -0.05) is 31.2 Å². The Morgan fingerprint density at radius 2 is 1.90 bits per heavy atom. The van der Waals surface area contributed by atoms with Gasteiger partial charge in [0.05, 0.1) is 4.92 Å². The molecule has 0 heterocycles. The summed E-state index contributed by atoms with van der Waals surface area (Å²) in [6.45, 7) is 3.59. The number of nitro benzene ring substituents is 1. The van der Waals surface area contributed by atoms with Crippen molar-refractivity contribution in [1.82, 2.24) is 0 Å². The molecule has 5 nitrogen and oxygen atoms in total. The zero-order valence-electron chi connectivity index (χ0n) is 11.9. The van der Waals surface area contributed by atoms with Crippen LogP contribution in [0.3, 0.4) is 0 Å². The first kappa shape index (κ1) is 14.7. The SMILES string of the molecule is CCc1c(N)cccc1C(=O)c1c(C)cccc1[N+](=O)[O-]. The molecule has 0 saturated heterocycles. The van der Waals surface area contributed by atoms with Gasteiger partial charge in [0.15, 0.2) is 0 Å². The normalized spacial score (nSPS) is 10.4. The second-order valence-electron chi connectivity index (χ2n) is 4.78. The fourth-order valence-electron chi connectivity index (χ4n) is 2.45. The van der Waals surface area contributed by atoms with Crippen LogP contribution >= 0.6 is 0 Å². The molecule has 0 aliphatic carbocycles. The lowest BCUT2D eigenvalue weighted by molar-refractivity contribution is -0.385. The Balaban J connectivity index is 2.67. The van der Waals surface area contributed by atoms with Crippen molar-refractivity contribution >= 4 is 17.2 Å². The Bertz CT molecular complexity index is 723. The molecule has 0 amide bonds. The number of anilines is 1. The standard InChI is InChI=1S/C16H16N2O3/c1-3-11-12(7-5-8-13(11)17)16(19)15-10(2)6-4-9-14(15)18(20)21/h4-9H,3,17H2,1-2H3. The smallest absolute Gasteiger partial charge is 0.280 e. The number of carbonyl (C=O) groups is 1. The lowest BCUT2D eigenvalue weighted by Gasteiger charge is -2.11. The van der Waals surface area contributed by atoms with Gasteiger partial charge in [0.1, 0.15) is 5.56 Å². The fraction of sp³-hybridized carbons (Fsp3) is 0.188. The topological polar surface area (TPSA) is 86.2 Å². The number of aryl methyl sites for hydroxylation is 1. The van der Waals surface area contributed by atoms with Crippen molar-refractivity contribution in [2.75, 3.05) is 5.73 Å². The van der Waals surface area contributed by atoms with E-state index in [1.54, 1.807) is 37.3 Å². The van der Waals surface area contributed by atoms with Crippen molar-refractivity contribution in [1.29, 1.82) is 0 Å². The van der Waals surface area contributed by atoms with Gasteiger partial charge < -0.3 is 5.73 Å². The lowest BCUT2D eigenvalue weighted by atomic mass is 9.92. The quantitative estimate of drug-likeness (QED) is 0.404. The Hall–Kier alpha value is -2.69. The van der Waals surface area contributed by atoms with Crippen LogP contribution in [0.4, 0.5) is 11.4 Å². The summed E-state index contributed by atoms with van der Waals surface area (Å²) < 4.78 is 0. The van der Waals surface area contributed by atoms with E-state index >= 15 is 0 Å². The number of rotatable bonds is 4. The molecule has 0 unspecified atom stereocenters. The Morgan fingerprint density at radius 1 is 1.24 bits per heavy atom. The van der Waals surface area contributed by atoms with Gasteiger partial charge in [-0.25, -0.2) is 0 Å². The molecule has 0 atom stereocenters. The zero-order valence-corrected chi connectivity index (χ0v) is 11.9. The molecule has 0 aliphatic heterocycles. The maximum absolute atomic E-state index is 12.8. The van der Waals surface area contributed by atoms with Gasteiger partial charge in [-0.3, -0.25) is 14.9 Å². The summed E-state index contributed by atoms with van der Waals surface area (Å²) in [5, 5.41) is 11.2. The molecule has 2 rings (SSSR count). The number of ketones is 1. The highest BCUT2D eigenvalue weighted by Crippen LogP contribution is 2.28. The molecule has 0 saturated carbocycles. The van der Waals surface area contributed by atoms with Crippen LogP contribution in [-0.4, -0.2) is 10.7 Å². The van der Waals surface area contributed by atoms with Gasteiger partial charge in [-0.05, 0) is 30.5 Å². The average molecular weight is 284 g/mol. The molecule has 0 spiro atoms. The maximum atomic E-state index is 12.8. The third kappa shape index (κ3) is 2.63. The van der Waals surface area contributed by atoms with Crippen LogP contribution < -0.4 is 5.73 Å². The van der Waals surface area contributed by atoms with Gasteiger partial charge in [-0.2, -0.15) is 0 Å². The molecule has 0 aromatic heterocycles. The molecule has 2 N–H and O–H groups in total. The second kappa shape index (κ2) is 5.75. The highest BCUT2D eigenvalue weighted by molar-refractivity contribution is 6.13. The third-order valence-electron chi connectivity index (χ3n) is 3.48. The summed E-state index contributed by atoms with van der Waals surface area (Å²) in [6.07, 6.45) is 0.591. The van der Waals surface area contributed by atoms with E-state index in [1.165, 1.54) is 6.07 Å². The highest BCUT2D eigenvalue weighted by atomic mass is 16.6. The first-order valence-electron chi connectivity index (χ1n) is 6.63. The Labute approximate surface area is 122 Å². The molecule has 21 heavy (non-hydrogen) atoms. The minimum atomic E-state index is -0.530. The molecular formula is C16H16N2O3. The summed E-state index contributed by atoms with van der Waals surface area (Å²) in [5.74, 6) is -0.357. The van der Waals surface area contributed by atoms with Crippen molar-refractivity contribution in [3.63, 3.8) is 0 Å². The summed E-state index contributed by atoms with van der Waals surface area (Å²) in [5.41, 5.74) is 8.11. The van der Waals surface area contributed by atoms with E-state index < -0.39 is 4.92 Å². The summed E-state index contributed by atoms with van der Waals surface area (Å²) in [6, 6.07) is 9.68. The van der Waals surface area contributed by atoms with E-state index in [0.717, 1.165) is 5.56 Å². The minimum Gasteiger partial charge on any atom is -0.398 e. The predicted molar refractivity (Wildman–Crippen MR) is 81.5 cm³/mol. The van der Waals surface area contributed by atoms with Gasteiger partial charge in [0, 0.05) is 17.3 Å². The Morgan fingerprint density at radius 3 is 2.52 bits per heavy atom. The van der Waals surface area contributed by atoms with E-state index in [2.05, 4.69) is 0 Å². The van der Waals surface area contributed by atoms with Gasteiger partial charge >= 0.3 is 0 Å². The van der Waals surface area contributed by atoms with Gasteiger partial charge in [0.2, 0.25) is 5.78 Å². The van der Waals surface area contributed by atoms with Gasteiger partial charge in [-0.15, -0.1) is 0 Å². The second-order valence-corrected chi connectivity index (χ2v) is 4.78. The molecule has 0 bridgehead atoms. The largest absolute Gasteiger partial charge is 0.398 e. The number of nitrogens with zero attached hydrogens (tertiary/aromatic N) is 1. The van der Waals surface area contributed by atoms with Crippen LogP contribution in [-0.2, 0) is 6.42 Å². The molecule has 2 aromatic carbocycles. The molecule has 0 radical (unpaired) electrons. The number of benzene rings is 2. The number of nitrogens with two attached hydrogens (primary N) is 1. The predicted octanol–water partition coefficient (Wildman–Crippen LogP) is 3.28. The van der Waals surface area contributed by atoms with E-state index in [9.17, 15) is 14.9 Å². The molecule has 108 valence electrons. The highest BCUT2D eigenvalue weighted by Gasteiger charge is 2.25. The lowest BCUT2D eigenvalue weighted by Crippen LogP contribution is -2.11. The fourth-order valence-corrected chi connectivity index (χ4v) is 2.45. The molecule has 5 heteroatoms. The minimum absolute atomic E-state index is 0.128. The molecular weight excluding hydrogens is 268 g/mol. The molecule has 2 aromatic rings. The van der Waals surface area contributed by atoms with E-state index in [1.807, 2.05) is 6.92 Å². The maximum Gasteiger partial charge on any atom is 0.280 e. The first-order valence-corrected chi connectivity index (χ1v) is 6.63. The van der Waals surface area contributed by atoms with Crippen LogP contribution in [0.1, 0.15) is 34.0 Å². The number of nitrogen functional groups attached to an aromatic ring is 1.